The van der Waals surface area contributed by atoms with E-state index in [1.54, 1.807) is 0 Å². The number of benzene rings is 2. The van der Waals surface area contributed by atoms with E-state index in [4.69, 9.17) is 4.74 Å². The summed E-state index contributed by atoms with van der Waals surface area (Å²) in [6.07, 6.45) is 0. The van der Waals surface area contributed by atoms with Crippen molar-refractivity contribution in [3.8, 4) is 11.1 Å². The molecule has 4 rings (SSSR count). The first kappa shape index (κ1) is 21.6. The van der Waals surface area contributed by atoms with E-state index in [9.17, 15) is 17.6 Å². The largest absolute Gasteiger partial charge is 0.379 e. The number of carbonyl (C=O) groups is 1. The molecule has 0 aliphatic carbocycles. The Hall–Kier alpha value is -2.59. The van der Waals surface area contributed by atoms with Crippen LogP contribution in [0.25, 0.3) is 11.1 Å². The number of thiophene rings is 1. The highest BCUT2D eigenvalue weighted by atomic mass is 32.2. The zero-order valence-electron chi connectivity index (χ0n) is 16.8. The summed E-state index contributed by atoms with van der Waals surface area (Å²) >= 11 is 1.29. The maximum Gasteiger partial charge on any atom is 0.266 e. The van der Waals surface area contributed by atoms with Crippen LogP contribution in [-0.4, -0.2) is 44.9 Å². The minimum absolute atomic E-state index is 0.160. The van der Waals surface area contributed by atoms with Crippen molar-refractivity contribution in [2.24, 2.45) is 0 Å². The molecule has 3 aromatic rings. The number of nitrogens with one attached hydrogen (secondary N) is 1. The highest BCUT2D eigenvalue weighted by molar-refractivity contribution is 7.89. The van der Waals surface area contributed by atoms with Gasteiger partial charge in [0.1, 0.15) is 10.7 Å². The van der Waals surface area contributed by atoms with Gasteiger partial charge in [0.25, 0.3) is 5.91 Å². The molecular formula is C22H21FN2O4S2. The van der Waals surface area contributed by atoms with Gasteiger partial charge in [0, 0.05) is 24.3 Å². The van der Waals surface area contributed by atoms with Crippen LogP contribution in [0, 0.1) is 12.7 Å². The minimum Gasteiger partial charge on any atom is -0.379 e. The lowest BCUT2D eigenvalue weighted by Gasteiger charge is -2.26. The fourth-order valence-corrected chi connectivity index (χ4v) is 5.65. The lowest BCUT2D eigenvalue weighted by atomic mass is 10.0. The molecule has 0 radical (unpaired) electrons. The molecule has 0 unspecified atom stereocenters. The zero-order valence-corrected chi connectivity index (χ0v) is 18.4. The third-order valence-electron chi connectivity index (χ3n) is 5.01. The van der Waals surface area contributed by atoms with E-state index in [0.717, 1.165) is 28.8 Å². The number of ether oxygens (including phenoxy) is 1. The maximum atomic E-state index is 14.4. The molecule has 1 N–H and O–H groups in total. The number of rotatable bonds is 5. The van der Waals surface area contributed by atoms with E-state index >= 15 is 0 Å². The number of amides is 1. The van der Waals surface area contributed by atoms with Gasteiger partial charge in [0.05, 0.1) is 18.1 Å². The van der Waals surface area contributed by atoms with Gasteiger partial charge in [-0.25, -0.2) is 12.8 Å². The summed E-state index contributed by atoms with van der Waals surface area (Å²) < 4.78 is 46.5. The predicted octanol–water partition coefficient (Wildman–Crippen LogP) is 4.14. The molecule has 162 valence electrons. The number of aryl methyl sites for hydroxylation is 1. The first-order valence-corrected chi connectivity index (χ1v) is 12.0. The Morgan fingerprint density at radius 2 is 1.81 bits per heavy atom. The van der Waals surface area contributed by atoms with Crippen LogP contribution in [0.5, 0.6) is 0 Å². The Labute approximate surface area is 184 Å². The summed E-state index contributed by atoms with van der Waals surface area (Å²) in [6.45, 7) is 2.83. The van der Waals surface area contributed by atoms with Crippen LogP contribution in [0.1, 0.15) is 15.2 Å². The Morgan fingerprint density at radius 3 is 2.52 bits per heavy atom. The smallest absolute Gasteiger partial charge is 0.266 e. The summed E-state index contributed by atoms with van der Waals surface area (Å²) in [6, 6.07) is 13.3. The van der Waals surface area contributed by atoms with Crippen LogP contribution in [0.4, 0.5) is 10.1 Å². The van der Waals surface area contributed by atoms with Crippen LogP contribution < -0.4 is 5.32 Å². The van der Waals surface area contributed by atoms with E-state index in [2.05, 4.69) is 5.32 Å². The average Bonchev–Trinajstić information content (AvgIpc) is 3.26. The van der Waals surface area contributed by atoms with E-state index in [1.165, 1.54) is 21.7 Å². The predicted molar refractivity (Wildman–Crippen MR) is 118 cm³/mol. The van der Waals surface area contributed by atoms with Crippen LogP contribution in [0.3, 0.4) is 0 Å². The van der Waals surface area contributed by atoms with Gasteiger partial charge < -0.3 is 10.1 Å². The monoisotopic (exact) mass is 460 g/mol. The summed E-state index contributed by atoms with van der Waals surface area (Å²) in [5, 5.41) is 4.53. The summed E-state index contributed by atoms with van der Waals surface area (Å²) in [4.78, 5) is 12.9. The number of nitrogens with zero attached hydrogens (tertiary/aromatic N) is 1. The van der Waals surface area contributed by atoms with Gasteiger partial charge in [-0.3, -0.25) is 4.79 Å². The number of hydrogen-bond donors (Lipinski definition) is 1. The standard InChI is InChI=1S/C22H21FN2O4S2/c1-15-2-4-16(5-3-15)18-8-13-30-21(18)22(26)24-17-6-7-19(23)20(14-17)31(27,28)25-9-11-29-12-10-25/h2-8,13-14H,9-12H2,1H3,(H,24,26). The third-order valence-corrected chi connectivity index (χ3v) is 7.84. The molecule has 1 amide bonds. The van der Waals surface area contributed by atoms with Crippen molar-refractivity contribution in [3.05, 3.63) is 70.2 Å². The van der Waals surface area contributed by atoms with Gasteiger partial charge in [-0.15, -0.1) is 11.3 Å². The second kappa shape index (κ2) is 8.88. The second-order valence-corrected chi connectivity index (χ2v) is 9.97. The van der Waals surface area contributed by atoms with E-state index in [1.807, 2.05) is 42.6 Å². The molecule has 1 saturated heterocycles. The molecule has 1 aromatic heterocycles. The van der Waals surface area contributed by atoms with E-state index in [0.29, 0.717) is 4.88 Å². The quantitative estimate of drug-likeness (QED) is 0.621. The number of carbonyl (C=O) groups excluding carboxylic acids is 1. The fourth-order valence-electron chi connectivity index (χ4n) is 3.34. The van der Waals surface area contributed by atoms with Crippen LogP contribution >= 0.6 is 11.3 Å². The number of sulfonamides is 1. The molecule has 9 heteroatoms. The minimum atomic E-state index is -4.03. The topological polar surface area (TPSA) is 75.7 Å². The van der Waals surface area contributed by atoms with Crippen molar-refractivity contribution in [2.45, 2.75) is 11.8 Å². The lowest BCUT2D eigenvalue weighted by molar-refractivity contribution is 0.0729. The van der Waals surface area contributed by atoms with Crippen molar-refractivity contribution >= 4 is 33.0 Å². The van der Waals surface area contributed by atoms with Crippen molar-refractivity contribution in [1.82, 2.24) is 4.31 Å². The Kier molecular flexibility index (Phi) is 6.19. The Morgan fingerprint density at radius 1 is 1.10 bits per heavy atom. The molecule has 31 heavy (non-hydrogen) atoms. The van der Waals surface area contributed by atoms with Crippen molar-refractivity contribution in [1.29, 1.82) is 0 Å². The second-order valence-electron chi connectivity index (χ2n) is 7.15. The molecule has 0 atom stereocenters. The van der Waals surface area contributed by atoms with Gasteiger partial charge in [0.15, 0.2) is 0 Å². The normalized spacial score (nSPS) is 15.0. The van der Waals surface area contributed by atoms with Gasteiger partial charge in [-0.1, -0.05) is 29.8 Å². The molecular weight excluding hydrogens is 439 g/mol. The number of morpholine rings is 1. The van der Waals surface area contributed by atoms with Gasteiger partial charge in [-0.2, -0.15) is 4.31 Å². The number of hydrogen-bond acceptors (Lipinski definition) is 5. The number of halogens is 1. The molecule has 1 aliphatic rings. The molecule has 2 heterocycles. The fraction of sp³-hybridized carbons (Fsp3) is 0.227. The van der Waals surface area contributed by atoms with E-state index < -0.39 is 20.7 Å². The highest BCUT2D eigenvalue weighted by Gasteiger charge is 2.29. The van der Waals surface area contributed by atoms with Crippen molar-refractivity contribution in [3.63, 3.8) is 0 Å². The van der Waals surface area contributed by atoms with Gasteiger partial charge in [0.2, 0.25) is 10.0 Å². The molecule has 1 aliphatic heterocycles. The van der Waals surface area contributed by atoms with Gasteiger partial charge in [-0.05, 0) is 42.1 Å². The van der Waals surface area contributed by atoms with Gasteiger partial charge >= 0.3 is 0 Å². The highest BCUT2D eigenvalue weighted by Crippen LogP contribution is 2.30. The summed E-state index contributed by atoms with van der Waals surface area (Å²) in [5.74, 6) is -1.24. The molecule has 6 nitrogen and oxygen atoms in total. The molecule has 0 bridgehead atoms. The van der Waals surface area contributed by atoms with E-state index in [-0.39, 0.29) is 37.9 Å². The van der Waals surface area contributed by atoms with Crippen molar-refractivity contribution in [2.75, 3.05) is 31.6 Å². The van der Waals surface area contributed by atoms with Crippen molar-refractivity contribution < 1.29 is 22.3 Å². The summed E-state index contributed by atoms with van der Waals surface area (Å²) in [7, 11) is -4.03. The maximum absolute atomic E-state index is 14.4. The summed E-state index contributed by atoms with van der Waals surface area (Å²) in [5.41, 5.74) is 3.02. The molecule has 0 spiro atoms. The Balaban J connectivity index is 1.60. The molecule has 0 saturated carbocycles. The zero-order chi connectivity index (χ0) is 22.0. The SMILES string of the molecule is Cc1ccc(-c2ccsc2C(=O)Nc2ccc(F)c(S(=O)(=O)N3CCOCC3)c2)cc1. The first-order valence-electron chi connectivity index (χ1n) is 9.69. The molecule has 2 aromatic carbocycles. The molecule has 1 fully saturated rings. The average molecular weight is 461 g/mol. The third kappa shape index (κ3) is 4.54. The van der Waals surface area contributed by atoms with Crippen LogP contribution in [0.2, 0.25) is 0 Å². The first-order chi connectivity index (χ1) is 14.9. The van der Waals surface area contributed by atoms with Crippen LogP contribution in [0.15, 0.2) is 58.8 Å². The lowest BCUT2D eigenvalue weighted by Crippen LogP contribution is -2.40. The van der Waals surface area contributed by atoms with Crippen LogP contribution in [-0.2, 0) is 14.8 Å². The number of anilines is 1. The Bertz CT molecular complexity index is 1200.